The highest BCUT2D eigenvalue weighted by molar-refractivity contribution is 5.61. The molecule has 0 saturated carbocycles. The van der Waals surface area contributed by atoms with Crippen LogP contribution in [0.25, 0.3) is 6.08 Å². The molecule has 20 heavy (non-hydrogen) atoms. The minimum absolute atomic E-state index is 0.657. The molecule has 0 unspecified atom stereocenters. The molecule has 1 aromatic carbocycles. The molecule has 2 nitrogen and oxygen atoms in total. The van der Waals surface area contributed by atoms with E-state index in [9.17, 15) is 5.11 Å². The maximum Gasteiger partial charge on any atom is 0.147 e. The topological polar surface area (TPSA) is 29.5 Å². The van der Waals surface area contributed by atoms with E-state index < -0.39 is 6.10 Å². The fraction of sp³-hybridized carbons (Fsp3) is 0.333. The van der Waals surface area contributed by atoms with Crippen LogP contribution in [-0.2, 0) is 0 Å². The third kappa shape index (κ3) is 4.19. The van der Waals surface area contributed by atoms with Crippen molar-refractivity contribution in [1.82, 2.24) is 0 Å². The second-order valence-electron chi connectivity index (χ2n) is 4.61. The van der Waals surface area contributed by atoms with Crippen molar-refractivity contribution in [2.24, 2.45) is 0 Å². The van der Waals surface area contributed by atoms with E-state index in [-0.39, 0.29) is 0 Å². The van der Waals surface area contributed by atoms with Crippen molar-refractivity contribution >= 4 is 6.08 Å². The van der Waals surface area contributed by atoms with Crippen LogP contribution in [0.15, 0.2) is 29.8 Å². The lowest BCUT2D eigenvalue weighted by Gasteiger charge is -2.05. The number of ether oxygens (including phenoxy) is 1. The Kier molecular flexibility index (Phi) is 5.30. The molecule has 1 N–H and O–H groups in total. The fourth-order valence-electron chi connectivity index (χ4n) is 1.90. The minimum Gasteiger partial charge on any atom is -0.497 e. The zero-order valence-corrected chi connectivity index (χ0v) is 11.6. The van der Waals surface area contributed by atoms with Gasteiger partial charge in [-0.05, 0) is 36.6 Å². The Bertz CT molecular complexity index is 588. The smallest absolute Gasteiger partial charge is 0.147 e. The Morgan fingerprint density at radius 1 is 1.15 bits per heavy atom. The molecule has 2 rings (SSSR count). The van der Waals surface area contributed by atoms with E-state index in [2.05, 4.69) is 23.7 Å². The van der Waals surface area contributed by atoms with Gasteiger partial charge in [-0.3, -0.25) is 0 Å². The molecule has 0 amide bonds. The standard InChI is InChI=1S/C18H18O2/c1-20-17-12-10-15(11-13-17)14-16-8-6-4-2-3-5-7-9-18(16)19/h10-14,18-19H,2-5H2,1H3/b16-14+/t18-/m0/s1. The summed E-state index contributed by atoms with van der Waals surface area (Å²) >= 11 is 0. The summed E-state index contributed by atoms with van der Waals surface area (Å²) in [6.45, 7) is 0. The van der Waals surface area contributed by atoms with Gasteiger partial charge in [-0.25, -0.2) is 0 Å². The molecule has 0 aromatic heterocycles. The van der Waals surface area contributed by atoms with Crippen molar-refractivity contribution in [1.29, 1.82) is 0 Å². The van der Waals surface area contributed by atoms with Crippen molar-refractivity contribution in [3.05, 3.63) is 35.4 Å². The average Bonchev–Trinajstić information content (AvgIpc) is 2.49. The van der Waals surface area contributed by atoms with Crippen LogP contribution in [0.5, 0.6) is 5.75 Å². The first-order valence-corrected chi connectivity index (χ1v) is 6.80. The number of rotatable bonds is 2. The van der Waals surface area contributed by atoms with E-state index in [0.29, 0.717) is 5.57 Å². The first kappa shape index (κ1) is 14.3. The third-order valence-corrected chi connectivity index (χ3v) is 3.06. The highest BCUT2D eigenvalue weighted by atomic mass is 16.5. The highest BCUT2D eigenvalue weighted by Gasteiger charge is 2.06. The first-order valence-electron chi connectivity index (χ1n) is 6.80. The van der Waals surface area contributed by atoms with Crippen LogP contribution in [0.2, 0.25) is 0 Å². The zero-order chi connectivity index (χ0) is 14.2. The Morgan fingerprint density at radius 2 is 1.85 bits per heavy atom. The van der Waals surface area contributed by atoms with Crippen molar-refractivity contribution in [3.8, 4) is 29.4 Å². The number of hydrogen-bond donors (Lipinski definition) is 1. The Balaban J connectivity index is 2.26. The molecule has 102 valence electrons. The van der Waals surface area contributed by atoms with E-state index in [4.69, 9.17) is 4.74 Å². The zero-order valence-electron chi connectivity index (χ0n) is 11.6. The SMILES string of the molecule is COc1ccc(/C=C2\C#CCCCCC#C[C@@H]2O)cc1. The number of aliphatic hydroxyl groups is 1. The second-order valence-corrected chi connectivity index (χ2v) is 4.61. The van der Waals surface area contributed by atoms with Gasteiger partial charge in [-0.2, -0.15) is 0 Å². The maximum absolute atomic E-state index is 10.1. The summed E-state index contributed by atoms with van der Waals surface area (Å²) in [5.41, 5.74) is 1.64. The van der Waals surface area contributed by atoms with Crippen molar-refractivity contribution in [3.63, 3.8) is 0 Å². The quantitative estimate of drug-likeness (QED) is 0.834. The van der Waals surface area contributed by atoms with Gasteiger partial charge < -0.3 is 9.84 Å². The van der Waals surface area contributed by atoms with Crippen LogP contribution in [0.3, 0.4) is 0 Å². The molecule has 0 bridgehead atoms. The van der Waals surface area contributed by atoms with Gasteiger partial charge in [0.25, 0.3) is 0 Å². The number of methoxy groups -OCH3 is 1. The molecule has 0 fully saturated rings. The van der Waals surface area contributed by atoms with E-state index in [1.165, 1.54) is 0 Å². The predicted molar refractivity (Wildman–Crippen MR) is 81.0 cm³/mol. The van der Waals surface area contributed by atoms with Crippen LogP contribution >= 0.6 is 0 Å². The van der Waals surface area contributed by atoms with Crippen LogP contribution in [0, 0.1) is 23.7 Å². The molecule has 0 radical (unpaired) electrons. The van der Waals surface area contributed by atoms with Crippen molar-refractivity contribution in [2.45, 2.75) is 31.8 Å². The molecule has 1 aliphatic rings. The fourth-order valence-corrected chi connectivity index (χ4v) is 1.90. The van der Waals surface area contributed by atoms with Gasteiger partial charge in [-0.15, -0.1) is 5.92 Å². The largest absolute Gasteiger partial charge is 0.497 e. The lowest BCUT2D eigenvalue weighted by atomic mass is 10.0. The lowest BCUT2D eigenvalue weighted by molar-refractivity contribution is 0.274. The van der Waals surface area contributed by atoms with Gasteiger partial charge in [0.2, 0.25) is 0 Å². The van der Waals surface area contributed by atoms with Gasteiger partial charge in [0.05, 0.1) is 7.11 Å². The molecule has 1 aliphatic carbocycles. The summed E-state index contributed by atoms with van der Waals surface area (Å²) in [4.78, 5) is 0. The third-order valence-electron chi connectivity index (χ3n) is 3.06. The van der Waals surface area contributed by atoms with Crippen molar-refractivity contribution < 1.29 is 9.84 Å². The second kappa shape index (κ2) is 7.43. The molecule has 0 spiro atoms. The number of aliphatic hydroxyl groups excluding tert-OH is 1. The van der Waals surface area contributed by atoms with Gasteiger partial charge in [-0.1, -0.05) is 29.9 Å². The van der Waals surface area contributed by atoms with Crippen LogP contribution in [0.1, 0.15) is 31.2 Å². The van der Waals surface area contributed by atoms with E-state index >= 15 is 0 Å². The van der Waals surface area contributed by atoms with Crippen LogP contribution < -0.4 is 4.74 Å². The Hall–Kier alpha value is -2.16. The molecule has 2 heteroatoms. The number of hydrogen-bond acceptors (Lipinski definition) is 2. The van der Waals surface area contributed by atoms with Crippen molar-refractivity contribution in [2.75, 3.05) is 7.11 Å². The molecule has 1 atom stereocenters. The highest BCUT2D eigenvalue weighted by Crippen LogP contribution is 2.15. The summed E-state index contributed by atoms with van der Waals surface area (Å²) in [5.74, 6) is 12.8. The van der Waals surface area contributed by atoms with Gasteiger partial charge in [0.1, 0.15) is 11.9 Å². The first-order chi connectivity index (χ1) is 9.79. The molecular formula is C18H18O2. The monoisotopic (exact) mass is 266 g/mol. The molecule has 1 aromatic rings. The van der Waals surface area contributed by atoms with Crippen LogP contribution in [0.4, 0.5) is 0 Å². The molecular weight excluding hydrogens is 248 g/mol. The average molecular weight is 266 g/mol. The van der Waals surface area contributed by atoms with Gasteiger partial charge in [0, 0.05) is 18.4 Å². The number of benzene rings is 1. The van der Waals surface area contributed by atoms with Gasteiger partial charge >= 0.3 is 0 Å². The molecule has 0 saturated heterocycles. The minimum atomic E-state index is -0.803. The summed E-state index contributed by atoms with van der Waals surface area (Å²) in [6, 6.07) is 7.65. The normalized spacial score (nSPS) is 20.3. The summed E-state index contributed by atoms with van der Waals surface area (Å²) in [6.07, 6.45) is 4.87. The summed E-state index contributed by atoms with van der Waals surface area (Å²) in [5, 5.41) is 10.1. The summed E-state index contributed by atoms with van der Waals surface area (Å²) < 4.78 is 5.13. The van der Waals surface area contributed by atoms with E-state index in [1.54, 1.807) is 7.11 Å². The Morgan fingerprint density at radius 3 is 2.55 bits per heavy atom. The van der Waals surface area contributed by atoms with E-state index in [1.807, 2.05) is 30.3 Å². The van der Waals surface area contributed by atoms with Crippen LogP contribution in [-0.4, -0.2) is 18.3 Å². The summed E-state index contributed by atoms with van der Waals surface area (Å²) in [7, 11) is 1.64. The van der Waals surface area contributed by atoms with E-state index in [0.717, 1.165) is 37.0 Å². The molecule has 0 aliphatic heterocycles. The predicted octanol–water partition coefficient (Wildman–Crippen LogP) is 3.02. The lowest BCUT2D eigenvalue weighted by Crippen LogP contribution is -2.06. The molecule has 0 heterocycles. The Labute approximate surface area is 120 Å². The van der Waals surface area contributed by atoms with Gasteiger partial charge in [0.15, 0.2) is 0 Å². The maximum atomic E-state index is 10.1.